The molecule has 7 nitrogen and oxygen atoms in total. The zero-order valence-electron chi connectivity index (χ0n) is 15.1. The Kier molecular flexibility index (Phi) is 4.17. The first kappa shape index (κ1) is 17.5. The van der Waals surface area contributed by atoms with Gasteiger partial charge in [0.05, 0.1) is 24.3 Å². The molecule has 0 spiro atoms. The molecule has 1 aliphatic rings. The Balaban J connectivity index is 1.76. The van der Waals surface area contributed by atoms with E-state index in [1.165, 1.54) is 0 Å². The largest absolute Gasteiger partial charge is 0.368 e. The van der Waals surface area contributed by atoms with E-state index in [-0.39, 0.29) is 19.0 Å². The number of aromatic nitrogens is 2. The quantitative estimate of drug-likeness (QED) is 0.694. The van der Waals surface area contributed by atoms with E-state index < -0.39 is 5.91 Å². The van der Waals surface area contributed by atoms with E-state index in [4.69, 9.17) is 11.0 Å². The number of hydrogen-bond donors (Lipinski definition) is 1. The molecule has 7 heteroatoms. The fourth-order valence-electron chi connectivity index (χ4n) is 3.57. The highest BCUT2D eigenvalue weighted by Gasteiger charge is 2.29. The minimum Gasteiger partial charge on any atom is -0.368 e. The van der Waals surface area contributed by atoms with E-state index in [0.717, 1.165) is 27.6 Å². The van der Waals surface area contributed by atoms with Gasteiger partial charge >= 0.3 is 0 Å². The molecule has 3 aromatic rings. The third kappa shape index (κ3) is 2.91. The van der Waals surface area contributed by atoms with Crippen molar-refractivity contribution in [2.45, 2.75) is 13.1 Å². The van der Waals surface area contributed by atoms with Crippen LogP contribution in [0.1, 0.15) is 15.9 Å². The summed E-state index contributed by atoms with van der Waals surface area (Å²) < 4.78 is 1.57. The summed E-state index contributed by atoms with van der Waals surface area (Å²) in [4.78, 5) is 25.6. The van der Waals surface area contributed by atoms with Crippen molar-refractivity contribution < 1.29 is 9.59 Å². The molecule has 4 rings (SSSR count). The summed E-state index contributed by atoms with van der Waals surface area (Å²) in [5.74, 6) is -0.567. The molecule has 0 fully saturated rings. The number of amides is 2. The fraction of sp³-hybridized carbons (Fsp3) is 0.143. The number of nitrogens with zero attached hydrogens (tertiary/aromatic N) is 4. The van der Waals surface area contributed by atoms with E-state index in [1.807, 2.05) is 36.4 Å². The van der Waals surface area contributed by atoms with Gasteiger partial charge in [0.15, 0.2) is 0 Å². The number of rotatable bonds is 5. The van der Waals surface area contributed by atoms with Crippen molar-refractivity contribution in [1.82, 2.24) is 14.7 Å². The van der Waals surface area contributed by atoms with Gasteiger partial charge in [0.25, 0.3) is 5.91 Å². The topological polar surface area (TPSA) is 105 Å². The van der Waals surface area contributed by atoms with Gasteiger partial charge in [-0.1, -0.05) is 30.8 Å². The van der Waals surface area contributed by atoms with Gasteiger partial charge in [0.2, 0.25) is 5.91 Å². The molecule has 0 saturated carbocycles. The Bertz CT molecular complexity index is 1190. The highest BCUT2D eigenvalue weighted by Crippen LogP contribution is 2.34. The number of nitriles is 1. The van der Waals surface area contributed by atoms with Crippen molar-refractivity contribution in [2.24, 2.45) is 5.73 Å². The van der Waals surface area contributed by atoms with E-state index in [0.29, 0.717) is 17.7 Å². The van der Waals surface area contributed by atoms with Crippen LogP contribution in [0.15, 0.2) is 54.7 Å². The van der Waals surface area contributed by atoms with E-state index in [2.05, 4.69) is 11.7 Å². The smallest absolute Gasteiger partial charge is 0.254 e. The van der Waals surface area contributed by atoms with Crippen LogP contribution >= 0.6 is 0 Å². The second-order valence-electron chi connectivity index (χ2n) is 6.75. The summed E-state index contributed by atoms with van der Waals surface area (Å²) >= 11 is 0. The molecule has 28 heavy (non-hydrogen) atoms. The second kappa shape index (κ2) is 6.67. The SMILES string of the molecule is C=C(C#N)CN1Cc2c(cccc2-c2ccc3cnn(CC(N)=O)c3c2)C1=O. The summed E-state index contributed by atoms with van der Waals surface area (Å²) in [6, 6.07) is 13.4. The maximum Gasteiger partial charge on any atom is 0.254 e. The zero-order valence-corrected chi connectivity index (χ0v) is 15.1. The Labute approximate surface area is 161 Å². The fourth-order valence-corrected chi connectivity index (χ4v) is 3.57. The first-order chi connectivity index (χ1) is 13.5. The van der Waals surface area contributed by atoms with E-state index in [1.54, 1.807) is 21.8 Å². The lowest BCUT2D eigenvalue weighted by molar-refractivity contribution is -0.118. The molecule has 138 valence electrons. The highest BCUT2D eigenvalue weighted by molar-refractivity contribution is 6.01. The third-order valence-corrected chi connectivity index (χ3v) is 4.84. The lowest BCUT2D eigenvalue weighted by atomic mass is 9.96. The van der Waals surface area contributed by atoms with Gasteiger partial charge in [-0.25, -0.2) is 0 Å². The van der Waals surface area contributed by atoms with Crippen molar-refractivity contribution in [1.29, 1.82) is 5.26 Å². The van der Waals surface area contributed by atoms with Crippen molar-refractivity contribution in [3.05, 3.63) is 65.9 Å². The number of fused-ring (bicyclic) bond motifs is 2. The first-order valence-corrected chi connectivity index (χ1v) is 8.71. The number of benzene rings is 2. The number of primary amides is 1. The van der Waals surface area contributed by atoms with Gasteiger partial charge in [-0.2, -0.15) is 10.4 Å². The predicted molar refractivity (Wildman–Crippen MR) is 104 cm³/mol. The summed E-state index contributed by atoms with van der Waals surface area (Å²) in [7, 11) is 0. The van der Waals surface area contributed by atoms with Gasteiger partial charge in [-0.05, 0) is 28.8 Å². The van der Waals surface area contributed by atoms with Crippen LogP contribution in [0.4, 0.5) is 0 Å². The highest BCUT2D eigenvalue weighted by atomic mass is 16.2. The monoisotopic (exact) mass is 371 g/mol. The van der Waals surface area contributed by atoms with Crippen LogP contribution in [0.2, 0.25) is 0 Å². The molecule has 2 N–H and O–H groups in total. The minimum atomic E-state index is -0.463. The maximum atomic E-state index is 12.7. The van der Waals surface area contributed by atoms with Crippen LogP contribution < -0.4 is 5.73 Å². The number of hydrogen-bond acceptors (Lipinski definition) is 4. The van der Waals surface area contributed by atoms with E-state index >= 15 is 0 Å². The molecule has 2 heterocycles. The first-order valence-electron chi connectivity index (χ1n) is 8.71. The molecule has 1 aromatic heterocycles. The molecule has 0 atom stereocenters. The molecule has 2 aromatic carbocycles. The van der Waals surface area contributed by atoms with Crippen molar-refractivity contribution in [3.63, 3.8) is 0 Å². The number of carbonyl (C=O) groups excluding carboxylic acids is 2. The maximum absolute atomic E-state index is 12.7. The van der Waals surface area contributed by atoms with Crippen LogP contribution in [-0.2, 0) is 17.9 Å². The Morgan fingerprint density at radius 1 is 1.25 bits per heavy atom. The van der Waals surface area contributed by atoms with Crippen molar-refractivity contribution >= 4 is 22.7 Å². The van der Waals surface area contributed by atoms with Gasteiger partial charge in [-0.15, -0.1) is 0 Å². The van der Waals surface area contributed by atoms with Crippen LogP contribution in [0, 0.1) is 11.3 Å². The zero-order chi connectivity index (χ0) is 19.8. The predicted octanol–water partition coefficient (Wildman–Crippen LogP) is 2.22. The van der Waals surface area contributed by atoms with Crippen LogP contribution in [0.25, 0.3) is 22.0 Å². The normalized spacial score (nSPS) is 12.8. The van der Waals surface area contributed by atoms with Crippen LogP contribution in [0.5, 0.6) is 0 Å². The van der Waals surface area contributed by atoms with Gasteiger partial charge in [0, 0.05) is 23.1 Å². The molecule has 0 saturated heterocycles. The molecule has 1 aliphatic heterocycles. The number of carbonyl (C=O) groups is 2. The van der Waals surface area contributed by atoms with Gasteiger partial charge < -0.3 is 10.6 Å². The van der Waals surface area contributed by atoms with E-state index in [9.17, 15) is 9.59 Å². The Morgan fingerprint density at radius 3 is 2.79 bits per heavy atom. The summed E-state index contributed by atoms with van der Waals surface area (Å²) in [5, 5.41) is 14.1. The standard InChI is InChI=1S/C21H17N5O2/c1-13(8-22)10-25-11-18-16(3-2-4-17(18)21(25)28)14-5-6-15-9-24-26(12-20(23)27)19(15)7-14/h2-7,9H,1,10-12H2,(H2,23,27). The van der Waals surface area contributed by atoms with Gasteiger partial charge in [-0.3, -0.25) is 14.3 Å². The summed E-state index contributed by atoms with van der Waals surface area (Å²) in [6.07, 6.45) is 1.69. The molecule has 2 amide bonds. The summed E-state index contributed by atoms with van der Waals surface area (Å²) in [5.41, 5.74) is 9.86. The molecule has 0 radical (unpaired) electrons. The molecular formula is C21H17N5O2. The lowest BCUT2D eigenvalue weighted by Crippen LogP contribution is -2.25. The van der Waals surface area contributed by atoms with Crippen LogP contribution in [0.3, 0.4) is 0 Å². The molecule has 0 aliphatic carbocycles. The van der Waals surface area contributed by atoms with Crippen molar-refractivity contribution in [2.75, 3.05) is 6.54 Å². The summed E-state index contributed by atoms with van der Waals surface area (Å²) in [6.45, 7) is 4.31. The Morgan fingerprint density at radius 2 is 2.04 bits per heavy atom. The minimum absolute atomic E-state index is 0.00237. The molecular weight excluding hydrogens is 354 g/mol. The molecule has 0 bridgehead atoms. The average molecular weight is 371 g/mol. The Hall–Kier alpha value is -3.92. The van der Waals surface area contributed by atoms with Gasteiger partial charge in [0.1, 0.15) is 6.54 Å². The lowest BCUT2D eigenvalue weighted by Gasteiger charge is -2.14. The van der Waals surface area contributed by atoms with Crippen LogP contribution in [-0.4, -0.2) is 33.0 Å². The number of nitrogens with two attached hydrogens (primary N) is 1. The third-order valence-electron chi connectivity index (χ3n) is 4.84. The second-order valence-corrected chi connectivity index (χ2v) is 6.75. The van der Waals surface area contributed by atoms with Crippen molar-refractivity contribution in [3.8, 4) is 17.2 Å². The average Bonchev–Trinajstić information content (AvgIpc) is 3.22. The molecule has 0 unspecified atom stereocenters.